The molecule has 164 valence electrons. The number of hydrogen-bond acceptors (Lipinski definition) is 7. The van der Waals surface area contributed by atoms with E-state index in [1.54, 1.807) is 36.4 Å². The number of benzene rings is 2. The van der Waals surface area contributed by atoms with Crippen LogP contribution in [0.25, 0.3) is 11.0 Å². The fraction of sp³-hybridized carbons (Fsp3) is 0.333. The average Bonchev–Trinajstić information content (AvgIpc) is 3.35. The minimum atomic E-state index is -3.57. The van der Waals surface area contributed by atoms with E-state index in [1.165, 1.54) is 14.1 Å². The molecule has 1 aliphatic heterocycles. The molecule has 3 aromatic rings. The molecule has 1 aliphatic rings. The summed E-state index contributed by atoms with van der Waals surface area (Å²) in [6.45, 7) is 2.77. The summed E-state index contributed by atoms with van der Waals surface area (Å²) in [5, 5.41) is 0. The number of imidazole rings is 1. The van der Waals surface area contributed by atoms with E-state index < -0.39 is 16.0 Å². The van der Waals surface area contributed by atoms with Gasteiger partial charge in [0.05, 0.1) is 21.5 Å². The quantitative estimate of drug-likeness (QED) is 0.516. The van der Waals surface area contributed by atoms with Gasteiger partial charge in [-0.05, 0) is 42.8 Å². The Hall–Kier alpha value is -3.11. The van der Waals surface area contributed by atoms with Gasteiger partial charge in [-0.1, -0.05) is 6.92 Å². The maximum Gasteiger partial charge on any atom is 0.338 e. The molecule has 9 nitrogen and oxygen atoms in total. The van der Waals surface area contributed by atoms with Gasteiger partial charge in [0.25, 0.3) is 0 Å². The molecule has 0 radical (unpaired) electrons. The molecule has 0 saturated heterocycles. The number of aryl methyl sites for hydroxylation is 1. The van der Waals surface area contributed by atoms with Gasteiger partial charge in [-0.25, -0.2) is 22.5 Å². The molecule has 0 unspecified atom stereocenters. The van der Waals surface area contributed by atoms with Crippen molar-refractivity contribution in [2.45, 2.75) is 31.4 Å². The highest BCUT2D eigenvalue weighted by Crippen LogP contribution is 2.32. The summed E-state index contributed by atoms with van der Waals surface area (Å²) in [5.74, 6) is 1.13. The number of carbonyl (C=O) groups excluding carboxylic acids is 1. The van der Waals surface area contributed by atoms with E-state index in [2.05, 4.69) is 4.98 Å². The van der Waals surface area contributed by atoms with Crippen molar-refractivity contribution >= 4 is 27.0 Å². The second kappa shape index (κ2) is 8.20. The third-order valence-electron chi connectivity index (χ3n) is 4.97. The summed E-state index contributed by atoms with van der Waals surface area (Å²) in [6, 6.07) is 9.70. The van der Waals surface area contributed by atoms with Crippen LogP contribution in [0.3, 0.4) is 0 Å². The van der Waals surface area contributed by atoms with Crippen molar-refractivity contribution in [1.29, 1.82) is 0 Å². The van der Waals surface area contributed by atoms with Crippen molar-refractivity contribution in [3.05, 3.63) is 47.8 Å². The number of nitrogens with zero attached hydrogens (tertiary/aromatic N) is 3. The van der Waals surface area contributed by atoms with Crippen LogP contribution < -0.4 is 9.47 Å². The molecule has 31 heavy (non-hydrogen) atoms. The fourth-order valence-corrected chi connectivity index (χ4v) is 4.27. The monoisotopic (exact) mass is 445 g/mol. The van der Waals surface area contributed by atoms with Crippen LogP contribution in [-0.4, -0.2) is 49.1 Å². The summed E-state index contributed by atoms with van der Waals surface area (Å²) in [6.07, 6.45) is 0.840. The van der Waals surface area contributed by atoms with Gasteiger partial charge in [0.2, 0.25) is 16.8 Å². The van der Waals surface area contributed by atoms with E-state index in [9.17, 15) is 13.2 Å². The van der Waals surface area contributed by atoms with Crippen molar-refractivity contribution < 1.29 is 27.4 Å². The zero-order valence-electron chi connectivity index (χ0n) is 17.5. The molecule has 0 spiro atoms. The highest BCUT2D eigenvalue weighted by molar-refractivity contribution is 7.89. The Labute approximate surface area is 180 Å². The Morgan fingerprint density at radius 1 is 1.16 bits per heavy atom. The molecule has 0 N–H and O–H groups in total. The van der Waals surface area contributed by atoms with Gasteiger partial charge in [-0.2, -0.15) is 0 Å². The lowest BCUT2D eigenvalue weighted by atomic mass is 10.2. The number of ether oxygens (including phenoxy) is 3. The van der Waals surface area contributed by atoms with Crippen molar-refractivity contribution in [1.82, 2.24) is 13.9 Å². The number of rotatable bonds is 7. The number of sulfonamides is 1. The predicted octanol–water partition coefficient (Wildman–Crippen LogP) is 2.78. The van der Waals surface area contributed by atoms with Crippen LogP contribution in [0.2, 0.25) is 0 Å². The zero-order chi connectivity index (χ0) is 22.2. The van der Waals surface area contributed by atoms with Crippen LogP contribution in [0.4, 0.5) is 0 Å². The van der Waals surface area contributed by atoms with Crippen molar-refractivity contribution in [3.63, 3.8) is 0 Å². The van der Waals surface area contributed by atoms with E-state index in [1.807, 2.05) is 11.5 Å². The van der Waals surface area contributed by atoms with Crippen LogP contribution in [0, 0.1) is 0 Å². The zero-order valence-corrected chi connectivity index (χ0v) is 18.3. The number of fused-ring (bicyclic) bond motifs is 2. The average molecular weight is 445 g/mol. The predicted molar refractivity (Wildman–Crippen MR) is 113 cm³/mol. The molecule has 1 aromatic heterocycles. The SMILES string of the molecule is CCCn1c(COC(=O)c2ccc3c(c2)OCO3)nc2cc(S(=O)(=O)N(C)C)ccc21. The maximum absolute atomic E-state index is 12.5. The van der Waals surface area contributed by atoms with E-state index in [-0.39, 0.29) is 18.3 Å². The standard InChI is InChI=1S/C21H23N3O6S/c1-4-9-24-17-7-6-15(31(26,27)23(2)3)11-16(17)22-20(24)12-28-21(25)14-5-8-18-19(10-14)30-13-29-18/h5-8,10-11H,4,9,12-13H2,1-3H3. The molecular formula is C21H23N3O6S. The first-order valence-electron chi connectivity index (χ1n) is 9.79. The Kier molecular flexibility index (Phi) is 5.59. The summed E-state index contributed by atoms with van der Waals surface area (Å²) >= 11 is 0. The molecular weight excluding hydrogens is 422 g/mol. The number of hydrogen-bond donors (Lipinski definition) is 0. The molecule has 0 amide bonds. The van der Waals surface area contributed by atoms with E-state index in [4.69, 9.17) is 14.2 Å². The van der Waals surface area contributed by atoms with Gasteiger partial charge in [0.1, 0.15) is 12.4 Å². The highest BCUT2D eigenvalue weighted by atomic mass is 32.2. The van der Waals surface area contributed by atoms with E-state index in [0.29, 0.717) is 34.9 Å². The maximum atomic E-state index is 12.5. The van der Waals surface area contributed by atoms with Crippen LogP contribution in [0.1, 0.15) is 29.5 Å². The summed E-state index contributed by atoms with van der Waals surface area (Å²) in [5.41, 5.74) is 1.67. The molecule has 4 rings (SSSR count). The van der Waals surface area contributed by atoms with Gasteiger partial charge in [0, 0.05) is 20.6 Å². The Bertz CT molecular complexity index is 1250. The molecule has 0 saturated carbocycles. The third kappa shape index (κ3) is 3.96. The topological polar surface area (TPSA) is 100.0 Å². The van der Waals surface area contributed by atoms with Gasteiger partial charge < -0.3 is 18.8 Å². The molecule has 2 aromatic carbocycles. The lowest BCUT2D eigenvalue weighted by Gasteiger charge is -2.11. The Balaban J connectivity index is 1.60. The summed E-state index contributed by atoms with van der Waals surface area (Å²) in [7, 11) is -0.610. The molecule has 0 aliphatic carbocycles. The van der Waals surface area contributed by atoms with Gasteiger partial charge in [0.15, 0.2) is 11.5 Å². The van der Waals surface area contributed by atoms with Crippen LogP contribution in [0.5, 0.6) is 11.5 Å². The number of esters is 1. The molecule has 0 fully saturated rings. The van der Waals surface area contributed by atoms with Crippen LogP contribution >= 0.6 is 0 Å². The second-order valence-corrected chi connectivity index (χ2v) is 9.41. The van der Waals surface area contributed by atoms with E-state index in [0.717, 1.165) is 16.2 Å². The lowest BCUT2D eigenvalue weighted by molar-refractivity contribution is 0.0458. The molecule has 2 heterocycles. The van der Waals surface area contributed by atoms with Crippen molar-refractivity contribution in [2.24, 2.45) is 0 Å². The smallest absolute Gasteiger partial charge is 0.338 e. The highest BCUT2D eigenvalue weighted by Gasteiger charge is 2.21. The van der Waals surface area contributed by atoms with E-state index >= 15 is 0 Å². The fourth-order valence-electron chi connectivity index (χ4n) is 3.35. The normalized spacial score (nSPS) is 13.2. The second-order valence-electron chi connectivity index (χ2n) is 7.26. The van der Waals surface area contributed by atoms with Crippen molar-refractivity contribution in [2.75, 3.05) is 20.9 Å². The minimum absolute atomic E-state index is 0.0439. The van der Waals surface area contributed by atoms with Crippen molar-refractivity contribution in [3.8, 4) is 11.5 Å². The number of carbonyl (C=O) groups is 1. The first kappa shape index (κ1) is 21.1. The first-order chi connectivity index (χ1) is 14.8. The molecule has 10 heteroatoms. The van der Waals surface area contributed by atoms with Gasteiger partial charge in [-0.15, -0.1) is 0 Å². The Morgan fingerprint density at radius 3 is 2.68 bits per heavy atom. The molecule has 0 atom stereocenters. The van der Waals surface area contributed by atoms with Gasteiger partial charge >= 0.3 is 5.97 Å². The van der Waals surface area contributed by atoms with Crippen LogP contribution in [0.15, 0.2) is 41.3 Å². The Morgan fingerprint density at radius 2 is 1.94 bits per heavy atom. The largest absolute Gasteiger partial charge is 0.454 e. The number of aromatic nitrogens is 2. The minimum Gasteiger partial charge on any atom is -0.454 e. The third-order valence-corrected chi connectivity index (χ3v) is 6.78. The summed E-state index contributed by atoms with van der Waals surface area (Å²) in [4.78, 5) is 17.2. The first-order valence-corrected chi connectivity index (χ1v) is 11.2. The summed E-state index contributed by atoms with van der Waals surface area (Å²) < 4.78 is 44.0. The molecule has 0 bridgehead atoms. The van der Waals surface area contributed by atoms with Gasteiger partial charge in [-0.3, -0.25) is 0 Å². The van der Waals surface area contributed by atoms with Crippen LogP contribution in [-0.2, 0) is 27.9 Å². The lowest BCUT2D eigenvalue weighted by Crippen LogP contribution is -2.22.